The van der Waals surface area contributed by atoms with Gasteiger partial charge in [0.05, 0.1) is 23.0 Å². The van der Waals surface area contributed by atoms with E-state index in [-0.39, 0.29) is 40.0 Å². The van der Waals surface area contributed by atoms with Crippen molar-refractivity contribution in [1.82, 2.24) is 19.7 Å². The van der Waals surface area contributed by atoms with Gasteiger partial charge in [0.2, 0.25) is 5.95 Å². The first-order valence-electron chi connectivity index (χ1n) is 8.81. The number of halogens is 2. The predicted octanol–water partition coefficient (Wildman–Crippen LogP) is 3.68. The molecule has 0 aliphatic heterocycles. The fraction of sp³-hybridized carbons (Fsp3) is 0.263. The van der Waals surface area contributed by atoms with Gasteiger partial charge in [0.15, 0.2) is 0 Å². The van der Waals surface area contributed by atoms with E-state index < -0.39 is 11.7 Å². The van der Waals surface area contributed by atoms with Gasteiger partial charge in [-0.05, 0) is 32.9 Å². The number of carbonyl (C=O) groups is 1. The van der Waals surface area contributed by atoms with Crippen LogP contribution in [0.1, 0.15) is 36.7 Å². The number of rotatable bonds is 6. The maximum atomic E-state index is 14.0. The first-order valence-corrected chi connectivity index (χ1v) is 9.18. The predicted molar refractivity (Wildman–Crippen MR) is 110 cm³/mol. The summed E-state index contributed by atoms with van der Waals surface area (Å²) in [5.74, 6) is -0.782. The lowest BCUT2D eigenvalue weighted by molar-refractivity contribution is 0.100. The molecule has 2 heterocycles. The van der Waals surface area contributed by atoms with Gasteiger partial charge >= 0.3 is 0 Å². The van der Waals surface area contributed by atoms with Gasteiger partial charge in [-0.25, -0.2) is 9.37 Å². The number of amides is 1. The van der Waals surface area contributed by atoms with Crippen LogP contribution >= 0.6 is 11.6 Å². The van der Waals surface area contributed by atoms with Crippen molar-refractivity contribution in [2.45, 2.75) is 32.9 Å². The number of anilines is 3. The van der Waals surface area contributed by atoms with Gasteiger partial charge in [0, 0.05) is 29.5 Å². The first-order chi connectivity index (χ1) is 13.6. The molecule has 3 rings (SSSR count). The average molecular weight is 418 g/mol. The Labute approximate surface area is 172 Å². The SMILES string of the molecule is CC(C)(C)n1cc(Nc2ncc(C(N)=O)c(NCc3c(F)cccc3Cl)n2)cn1. The molecule has 0 radical (unpaired) electrons. The summed E-state index contributed by atoms with van der Waals surface area (Å²) in [4.78, 5) is 20.1. The van der Waals surface area contributed by atoms with E-state index in [2.05, 4.69) is 25.7 Å². The molecule has 1 amide bonds. The number of nitrogens with zero attached hydrogens (tertiary/aromatic N) is 4. The van der Waals surface area contributed by atoms with Crippen molar-refractivity contribution in [3.05, 3.63) is 58.8 Å². The largest absolute Gasteiger partial charge is 0.365 e. The molecule has 0 aliphatic rings. The lowest BCUT2D eigenvalue weighted by atomic mass is 10.1. The van der Waals surface area contributed by atoms with Crippen molar-refractivity contribution in [2.24, 2.45) is 5.73 Å². The van der Waals surface area contributed by atoms with E-state index in [4.69, 9.17) is 17.3 Å². The molecule has 0 saturated carbocycles. The Morgan fingerprint density at radius 2 is 2.07 bits per heavy atom. The zero-order valence-electron chi connectivity index (χ0n) is 16.2. The number of hydrogen-bond acceptors (Lipinski definition) is 6. The van der Waals surface area contributed by atoms with Gasteiger partial charge in [0.1, 0.15) is 11.6 Å². The minimum Gasteiger partial charge on any atom is -0.365 e. The molecule has 0 bridgehead atoms. The zero-order chi connectivity index (χ0) is 21.2. The van der Waals surface area contributed by atoms with Gasteiger partial charge in [-0.2, -0.15) is 10.1 Å². The summed E-state index contributed by atoms with van der Waals surface area (Å²) in [6.45, 7) is 6.09. The van der Waals surface area contributed by atoms with Crippen LogP contribution in [0.15, 0.2) is 36.8 Å². The molecular weight excluding hydrogens is 397 g/mol. The molecule has 0 atom stereocenters. The molecule has 0 spiro atoms. The highest BCUT2D eigenvalue weighted by atomic mass is 35.5. The average Bonchev–Trinajstić information content (AvgIpc) is 3.10. The van der Waals surface area contributed by atoms with Crippen molar-refractivity contribution in [1.29, 1.82) is 0 Å². The lowest BCUT2D eigenvalue weighted by Gasteiger charge is -2.18. The monoisotopic (exact) mass is 417 g/mol. The molecule has 8 nitrogen and oxygen atoms in total. The van der Waals surface area contributed by atoms with Crippen LogP contribution < -0.4 is 16.4 Å². The summed E-state index contributed by atoms with van der Waals surface area (Å²) in [6, 6.07) is 4.40. The Kier molecular flexibility index (Phi) is 5.69. The van der Waals surface area contributed by atoms with Gasteiger partial charge in [-0.1, -0.05) is 17.7 Å². The Balaban J connectivity index is 1.84. The second kappa shape index (κ2) is 8.04. The highest BCUT2D eigenvalue weighted by Gasteiger charge is 2.16. The highest BCUT2D eigenvalue weighted by Crippen LogP contribution is 2.23. The molecule has 10 heteroatoms. The third-order valence-electron chi connectivity index (χ3n) is 4.07. The van der Waals surface area contributed by atoms with Gasteiger partial charge in [-0.3, -0.25) is 9.48 Å². The summed E-state index contributed by atoms with van der Waals surface area (Å²) in [7, 11) is 0. The smallest absolute Gasteiger partial charge is 0.254 e. The summed E-state index contributed by atoms with van der Waals surface area (Å²) in [5.41, 5.74) is 6.23. The number of benzene rings is 1. The number of aromatic nitrogens is 4. The van der Waals surface area contributed by atoms with E-state index in [1.165, 1.54) is 18.3 Å². The summed E-state index contributed by atoms with van der Waals surface area (Å²) in [5, 5.41) is 10.5. The normalized spacial score (nSPS) is 11.3. The number of primary amides is 1. The topological polar surface area (TPSA) is 111 Å². The summed E-state index contributed by atoms with van der Waals surface area (Å²) >= 11 is 6.05. The zero-order valence-corrected chi connectivity index (χ0v) is 17.0. The quantitative estimate of drug-likeness (QED) is 0.564. The first kappa shape index (κ1) is 20.5. The van der Waals surface area contributed by atoms with Crippen molar-refractivity contribution in [3.8, 4) is 0 Å². The van der Waals surface area contributed by atoms with Crippen LogP contribution in [-0.2, 0) is 12.1 Å². The fourth-order valence-electron chi connectivity index (χ4n) is 2.51. The van der Waals surface area contributed by atoms with Crippen LogP contribution in [0.2, 0.25) is 5.02 Å². The van der Waals surface area contributed by atoms with Crippen LogP contribution in [0.5, 0.6) is 0 Å². The van der Waals surface area contributed by atoms with E-state index in [0.29, 0.717) is 5.69 Å². The molecule has 3 aromatic rings. The minimum atomic E-state index is -0.709. The van der Waals surface area contributed by atoms with E-state index in [1.54, 1.807) is 16.9 Å². The van der Waals surface area contributed by atoms with Crippen molar-refractivity contribution >= 4 is 35.0 Å². The number of hydrogen-bond donors (Lipinski definition) is 3. The fourth-order valence-corrected chi connectivity index (χ4v) is 2.74. The highest BCUT2D eigenvalue weighted by molar-refractivity contribution is 6.31. The number of nitrogens with two attached hydrogens (primary N) is 1. The van der Waals surface area contributed by atoms with Crippen molar-refractivity contribution < 1.29 is 9.18 Å². The minimum absolute atomic E-state index is 0.0181. The lowest BCUT2D eigenvalue weighted by Crippen LogP contribution is -2.21. The van der Waals surface area contributed by atoms with E-state index in [0.717, 1.165) is 0 Å². The summed E-state index contributed by atoms with van der Waals surface area (Å²) < 4.78 is 15.8. The Bertz CT molecular complexity index is 1030. The third-order valence-corrected chi connectivity index (χ3v) is 4.43. The van der Waals surface area contributed by atoms with E-state index in [9.17, 15) is 9.18 Å². The van der Waals surface area contributed by atoms with Crippen molar-refractivity contribution in [2.75, 3.05) is 10.6 Å². The summed E-state index contributed by atoms with van der Waals surface area (Å²) in [6.07, 6.45) is 4.76. The molecule has 2 aromatic heterocycles. The van der Waals surface area contributed by atoms with Crippen LogP contribution in [-0.4, -0.2) is 25.7 Å². The second-order valence-electron chi connectivity index (χ2n) is 7.34. The van der Waals surface area contributed by atoms with Gasteiger partial charge in [-0.15, -0.1) is 0 Å². The Morgan fingerprint density at radius 1 is 1.31 bits per heavy atom. The van der Waals surface area contributed by atoms with Gasteiger partial charge in [0.25, 0.3) is 5.91 Å². The molecule has 0 fully saturated rings. The molecule has 0 aliphatic carbocycles. The van der Waals surface area contributed by atoms with Crippen molar-refractivity contribution in [3.63, 3.8) is 0 Å². The Hall–Kier alpha value is -3.20. The van der Waals surface area contributed by atoms with Gasteiger partial charge < -0.3 is 16.4 Å². The molecule has 4 N–H and O–H groups in total. The molecule has 152 valence electrons. The third kappa shape index (κ3) is 4.80. The molecule has 29 heavy (non-hydrogen) atoms. The van der Waals surface area contributed by atoms with E-state index >= 15 is 0 Å². The molecule has 1 aromatic carbocycles. The second-order valence-corrected chi connectivity index (χ2v) is 7.75. The maximum Gasteiger partial charge on any atom is 0.254 e. The van der Waals surface area contributed by atoms with Crippen LogP contribution in [0.3, 0.4) is 0 Å². The molecule has 0 unspecified atom stereocenters. The van der Waals surface area contributed by atoms with E-state index in [1.807, 2.05) is 27.0 Å². The van der Waals surface area contributed by atoms with Crippen LogP contribution in [0.25, 0.3) is 0 Å². The van der Waals surface area contributed by atoms with Crippen LogP contribution in [0, 0.1) is 5.82 Å². The van der Waals surface area contributed by atoms with Crippen LogP contribution in [0.4, 0.5) is 21.8 Å². The maximum absolute atomic E-state index is 14.0. The number of carbonyl (C=O) groups excluding carboxylic acids is 1. The number of nitrogens with one attached hydrogen (secondary N) is 2. The standard InChI is InChI=1S/C19H21ClFN7O/c1-19(2,3)28-10-11(7-25-28)26-18-24-9-13(16(22)29)17(27-18)23-8-12-14(20)5-4-6-15(12)21/h4-7,9-10H,8H2,1-3H3,(H2,22,29)(H2,23,24,26,27). The Morgan fingerprint density at radius 3 is 2.69 bits per heavy atom. The molecular formula is C19H21ClFN7O. The molecule has 0 saturated heterocycles.